The maximum Gasteiger partial charge on any atom is 0.471 e. The lowest BCUT2D eigenvalue weighted by molar-refractivity contribution is -0.174. The van der Waals surface area contributed by atoms with Crippen LogP contribution in [0.5, 0.6) is 0 Å². The lowest BCUT2D eigenvalue weighted by atomic mass is 9.99. The fraction of sp³-hybridized carbons (Fsp3) is 0.250. The second kappa shape index (κ2) is 12.7. The standard InChI is InChI=1S/C28H28F3N3O3/c29-28(30,31)27(37)34-24(18-20-14-16-22(17-15-20)21-11-5-2-6-12-21)26(36)33-23(25(32)35)13-7-10-19-8-3-1-4-9-19/h1-6,8-9,11-12,14-17,23-24H,7,10,13,18H2,(H2,32,35)(H,33,36)(H,34,37)/t23-,24?/m0/s1. The van der Waals surface area contributed by atoms with Gasteiger partial charge < -0.3 is 16.4 Å². The quantitative estimate of drug-likeness (QED) is 0.364. The fourth-order valence-electron chi connectivity index (χ4n) is 3.86. The second-order valence-corrected chi connectivity index (χ2v) is 8.63. The summed E-state index contributed by atoms with van der Waals surface area (Å²) in [6.07, 6.45) is -4.05. The van der Waals surface area contributed by atoms with Crippen molar-refractivity contribution in [3.8, 4) is 11.1 Å². The van der Waals surface area contributed by atoms with Crippen molar-refractivity contribution in [1.29, 1.82) is 0 Å². The molecule has 0 fully saturated rings. The first-order valence-electron chi connectivity index (χ1n) is 11.8. The van der Waals surface area contributed by atoms with E-state index in [2.05, 4.69) is 5.32 Å². The first-order chi connectivity index (χ1) is 17.6. The predicted molar refractivity (Wildman–Crippen MR) is 134 cm³/mol. The van der Waals surface area contributed by atoms with E-state index in [-0.39, 0.29) is 12.8 Å². The van der Waals surface area contributed by atoms with Gasteiger partial charge in [0.05, 0.1) is 0 Å². The number of hydrogen-bond donors (Lipinski definition) is 3. The molecule has 0 aliphatic rings. The van der Waals surface area contributed by atoms with Gasteiger partial charge in [-0.25, -0.2) is 0 Å². The van der Waals surface area contributed by atoms with Crippen molar-refractivity contribution in [2.24, 2.45) is 5.73 Å². The van der Waals surface area contributed by atoms with E-state index in [0.717, 1.165) is 16.7 Å². The normalized spacial score (nSPS) is 12.8. The van der Waals surface area contributed by atoms with Crippen LogP contribution in [0.4, 0.5) is 13.2 Å². The fourth-order valence-corrected chi connectivity index (χ4v) is 3.86. The second-order valence-electron chi connectivity index (χ2n) is 8.63. The van der Waals surface area contributed by atoms with Crippen molar-refractivity contribution in [2.45, 2.75) is 43.9 Å². The van der Waals surface area contributed by atoms with Crippen LogP contribution in [-0.2, 0) is 27.2 Å². The molecule has 0 saturated carbocycles. The molecule has 6 nitrogen and oxygen atoms in total. The van der Waals surface area contributed by atoms with Crippen LogP contribution in [0.3, 0.4) is 0 Å². The summed E-state index contributed by atoms with van der Waals surface area (Å²) in [5.74, 6) is -3.98. The zero-order chi connectivity index (χ0) is 26.8. The van der Waals surface area contributed by atoms with Crippen molar-refractivity contribution < 1.29 is 27.6 Å². The van der Waals surface area contributed by atoms with Gasteiger partial charge in [-0.3, -0.25) is 14.4 Å². The minimum atomic E-state index is -5.17. The molecule has 0 bridgehead atoms. The van der Waals surface area contributed by atoms with Crippen molar-refractivity contribution in [3.63, 3.8) is 0 Å². The van der Waals surface area contributed by atoms with Gasteiger partial charge in [0.25, 0.3) is 0 Å². The molecule has 9 heteroatoms. The molecule has 3 aromatic rings. The number of carbonyl (C=O) groups excluding carboxylic acids is 3. The van der Waals surface area contributed by atoms with Gasteiger partial charge in [0.1, 0.15) is 12.1 Å². The summed E-state index contributed by atoms with van der Waals surface area (Å²) in [6.45, 7) is 0. The number of nitrogens with one attached hydrogen (secondary N) is 2. The molecule has 194 valence electrons. The zero-order valence-corrected chi connectivity index (χ0v) is 20.0. The van der Waals surface area contributed by atoms with Crippen LogP contribution >= 0.6 is 0 Å². The molecule has 3 aromatic carbocycles. The molecular weight excluding hydrogens is 483 g/mol. The van der Waals surface area contributed by atoms with Crippen LogP contribution in [0, 0.1) is 0 Å². The van der Waals surface area contributed by atoms with Crippen molar-refractivity contribution in [2.75, 3.05) is 0 Å². The first kappa shape index (κ1) is 27.4. The Kier molecular flexibility index (Phi) is 9.43. The van der Waals surface area contributed by atoms with E-state index in [4.69, 9.17) is 5.73 Å². The van der Waals surface area contributed by atoms with Crippen LogP contribution in [0.2, 0.25) is 0 Å². The highest BCUT2D eigenvalue weighted by Crippen LogP contribution is 2.20. The number of rotatable bonds is 11. The largest absolute Gasteiger partial charge is 0.471 e. The molecule has 0 radical (unpaired) electrons. The number of primary amides is 1. The molecule has 0 spiro atoms. The average Bonchev–Trinajstić information content (AvgIpc) is 2.88. The van der Waals surface area contributed by atoms with Gasteiger partial charge >= 0.3 is 12.1 Å². The van der Waals surface area contributed by atoms with E-state index in [0.29, 0.717) is 18.4 Å². The minimum Gasteiger partial charge on any atom is -0.368 e. The number of alkyl halides is 3. The third-order valence-corrected chi connectivity index (χ3v) is 5.84. The number of amides is 3. The Balaban J connectivity index is 1.70. The Bertz CT molecular complexity index is 1180. The molecule has 4 N–H and O–H groups in total. The number of benzene rings is 3. The van der Waals surface area contributed by atoms with E-state index in [1.54, 1.807) is 29.6 Å². The molecule has 2 atom stereocenters. The van der Waals surface area contributed by atoms with Crippen LogP contribution in [-0.4, -0.2) is 36.0 Å². The summed E-state index contributed by atoms with van der Waals surface area (Å²) < 4.78 is 38.9. The Labute approximate surface area is 213 Å². The van der Waals surface area contributed by atoms with E-state index in [9.17, 15) is 27.6 Å². The maximum atomic E-state index is 13.0. The van der Waals surface area contributed by atoms with E-state index in [1.807, 2.05) is 60.7 Å². The van der Waals surface area contributed by atoms with Gasteiger partial charge in [-0.2, -0.15) is 13.2 Å². The lowest BCUT2D eigenvalue weighted by Gasteiger charge is -2.22. The highest BCUT2D eigenvalue weighted by atomic mass is 19.4. The maximum absolute atomic E-state index is 13.0. The Morgan fingerprint density at radius 3 is 1.86 bits per heavy atom. The van der Waals surface area contributed by atoms with E-state index in [1.165, 1.54) is 0 Å². The number of aryl methyl sites for hydroxylation is 1. The highest BCUT2D eigenvalue weighted by Gasteiger charge is 2.41. The van der Waals surface area contributed by atoms with Crippen LogP contribution in [0.25, 0.3) is 11.1 Å². The molecule has 3 rings (SSSR count). The van der Waals surface area contributed by atoms with Crippen molar-refractivity contribution in [1.82, 2.24) is 10.6 Å². The molecule has 0 saturated heterocycles. The highest BCUT2D eigenvalue weighted by molar-refractivity contribution is 5.92. The van der Waals surface area contributed by atoms with Gasteiger partial charge in [0.2, 0.25) is 11.8 Å². The van der Waals surface area contributed by atoms with Crippen LogP contribution in [0.15, 0.2) is 84.9 Å². The molecule has 0 heterocycles. The Morgan fingerprint density at radius 2 is 1.30 bits per heavy atom. The van der Waals surface area contributed by atoms with Gasteiger partial charge in [-0.1, -0.05) is 84.9 Å². The smallest absolute Gasteiger partial charge is 0.368 e. The van der Waals surface area contributed by atoms with Gasteiger partial charge in [-0.05, 0) is 41.5 Å². The number of hydrogen-bond acceptors (Lipinski definition) is 3. The van der Waals surface area contributed by atoms with E-state index >= 15 is 0 Å². The lowest BCUT2D eigenvalue weighted by Crippen LogP contribution is -2.55. The van der Waals surface area contributed by atoms with Crippen LogP contribution in [0.1, 0.15) is 24.0 Å². The van der Waals surface area contributed by atoms with Crippen molar-refractivity contribution >= 4 is 17.7 Å². The topological polar surface area (TPSA) is 101 Å². The summed E-state index contributed by atoms with van der Waals surface area (Å²) in [5.41, 5.74) is 8.84. The Morgan fingerprint density at radius 1 is 0.730 bits per heavy atom. The number of nitrogens with two attached hydrogens (primary N) is 1. The number of carbonyl (C=O) groups is 3. The third-order valence-electron chi connectivity index (χ3n) is 5.84. The molecule has 3 amide bonds. The predicted octanol–water partition coefficient (Wildman–Crippen LogP) is 3.94. The molecular formula is C28H28F3N3O3. The molecule has 0 aromatic heterocycles. The summed E-state index contributed by atoms with van der Waals surface area (Å²) in [6, 6.07) is 23.2. The van der Waals surface area contributed by atoms with Gasteiger partial charge in [-0.15, -0.1) is 0 Å². The van der Waals surface area contributed by atoms with E-state index < -0.39 is 36.0 Å². The average molecular weight is 512 g/mol. The first-order valence-corrected chi connectivity index (χ1v) is 11.8. The molecule has 0 aliphatic heterocycles. The van der Waals surface area contributed by atoms with Gasteiger partial charge in [0, 0.05) is 6.42 Å². The Hall–Kier alpha value is -4.14. The SMILES string of the molecule is NC(=O)[C@H](CCCc1ccccc1)NC(=O)C(Cc1ccc(-c2ccccc2)cc1)NC(=O)C(F)(F)F. The summed E-state index contributed by atoms with van der Waals surface area (Å²) in [7, 11) is 0. The van der Waals surface area contributed by atoms with Gasteiger partial charge in [0.15, 0.2) is 0 Å². The molecule has 0 aliphatic carbocycles. The third kappa shape index (κ3) is 8.49. The molecule has 1 unspecified atom stereocenters. The number of halogens is 3. The summed E-state index contributed by atoms with van der Waals surface area (Å²) >= 11 is 0. The summed E-state index contributed by atoms with van der Waals surface area (Å²) in [4.78, 5) is 36.5. The summed E-state index contributed by atoms with van der Waals surface area (Å²) in [5, 5.41) is 4.17. The monoisotopic (exact) mass is 511 g/mol. The minimum absolute atomic E-state index is 0.196. The zero-order valence-electron chi connectivity index (χ0n) is 20.0. The molecule has 37 heavy (non-hydrogen) atoms. The van der Waals surface area contributed by atoms with Crippen LogP contribution < -0.4 is 16.4 Å². The van der Waals surface area contributed by atoms with Crippen molar-refractivity contribution in [3.05, 3.63) is 96.1 Å².